The average molecular weight is 138 g/mol. The lowest BCUT2D eigenvalue weighted by Gasteiger charge is -2.02. The Hall–Kier alpha value is -0.760. The van der Waals surface area contributed by atoms with Crippen molar-refractivity contribution in [2.45, 2.75) is 20.4 Å². The first-order chi connectivity index (χ1) is 4.75. The van der Waals surface area contributed by atoms with Gasteiger partial charge in [0.15, 0.2) is 0 Å². The second-order valence-corrected chi connectivity index (χ2v) is 2.57. The van der Waals surface area contributed by atoms with Gasteiger partial charge in [-0.1, -0.05) is 0 Å². The molecule has 0 bridgehead atoms. The Morgan fingerprint density at radius 1 is 1.50 bits per heavy atom. The van der Waals surface area contributed by atoms with Crippen molar-refractivity contribution in [2.24, 2.45) is 5.73 Å². The number of nitrogens with zero attached hydrogens (tertiary/aromatic N) is 1. The van der Waals surface area contributed by atoms with Crippen molar-refractivity contribution in [3.05, 3.63) is 23.5 Å². The van der Waals surface area contributed by atoms with E-state index in [1.807, 2.05) is 0 Å². The molecule has 0 amide bonds. The van der Waals surface area contributed by atoms with Crippen LogP contribution in [0, 0.1) is 13.8 Å². The Kier molecular flexibility index (Phi) is 2.12. The lowest BCUT2D eigenvalue weighted by molar-refractivity contribution is 0.692. The van der Waals surface area contributed by atoms with E-state index in [0.717, 1.165) is 13.1 Å². The largest absolute Gasteiger partial charge is 0.350 e. The number of aryl methyl sites for hydroxylation is 1. The van der Waals surface area contributed by atoms with Gasteiger partial charge in [0.1, 0.15) is 0 Å². The Morgan fingerprint density at radius 3 is 2.60 bits per heavy atom. The second-order valence-electron chi connectivity index (χ2n) is 2.57. The highest BCUT2D eigenvalue weighted by Gasteiger charge is 1.96. The van der Waals surface area contributed by atoms with Crippen LogP contribution in [0.15, 0.2) is 12.3 Å². The van der Waals surface area contributed by atoms with E-state index < -0.39 is 0 Å². The quantitative estimate of drug-likeness (QED) is 0.651. The van der Waals surface area contributed by atoms with Crippen LogP contribution in [0.1, 0.15) is 11.3 Å². The molecular weight excluding hydrogens is 124 g/mol. The second kappa shape index (κ2) is 2.88. The minimum atomic E-state index is 0.717. The third kappa shape index (κ3) is 1.21. The summed E-state index contributed by atoms with van der Waals surface area (Å²) < 4.78 is 2.18. The molecule has 0 aliphatic carbocycles. The summed E-state index contributed by atoms with van der Waals surface area (Å²) >= 11 is 0. The van der Waals surface area contributed by atoms with Gasteiger partial charge in [0.05, 0.1) is 0 Å². The number of hydrogen-bond donors (Lipinski definition) is 1. The lowest BCUT2D eigenvalue weighted by atomic mass is 10.3. The van der Waals surface area contributed by atoms with Gasteiger partial charge >= 0.3 is 0 Å². The normalized spacial score (nSPS) is 10.3. The number of rotatable bonds is 2. The molecule has 0 spiro atoms. The molecule has 0 radical (unpaired) electrons. The van der Waals surface area contributed by atoms with Gasteiger partial charge in [0, 0.05) is 25.0 Å². The zero-order valence-corrected chi connectivity index (χ0v) is 6.59. The van der Waals surface area contributed by atoms with Gasteiger partial charge in [-0.15, -0.1) is 0 Å². The van der Waals surface area contributed by atoms with Gasteiger partial charge in [-0.25, -0.2) is 0 Å². The molecular formula is C8H14N2. The molecule has 0 aliphatic heterocycles. The van der Waals surface area contributed by atoms with Crippen molar-refractivity contribution >= 4 is 0 Å². The average Bonchev–Trinajstić information content (AvgIpc) is 2.20. The molecule has 1 rings (SSSR count). The van der Waals surface area contributed by atoms with E-state index in [4.69, 9.17) is 5.73 Å². The molecule has 1 aromatic rings. The maximum Gasteiger partial charge on any atom is 0.0345 e. The van der Waals surface area contributed by atoms with Crippen LogP contribution < -0.4 is 5.73 Å². The highest BCUT2D eigenvalue weighted by Crippen LogP contribution is 2.06. The van der Waals surface area contributed by atoms with E-state index >= 15 is 0 Å². The van der Waals surface area contributed by atoms with Gasteiger partial charge in [0.25, 0.3) is 0 Å². The van der Waals surface area contributed by atoms with Crippen molar-refractivity contribution in [2.75, 3.05) is 6.54 Å². The lowest BCUT2D eigenvalue weighted by Crippen LogP contribution is -2.09. The van der Waals surface area contributed by atoms with Gasteiger partial charge < -0.3 is 10.3 Å². The molecule has 2 N–H and O–H groups in total. The molecule has 1 heterocycles. The smallest absolute Gasteiger partial charge is 0.0345 e. The Morgan fingerprint density at radius 2 is 2.20 bits per heavy atom. The summed E-state index contributed by atoms with van der Waals surface area (Å²) in [5.41, 5.74) is 8.08. The summed E-state index contributed by atoms with van der Waals surface area (Å²) in [5, 5.41) is 0. The molecule has 0 atom stereocenters. The molecule has 10 heavy (non-hydrogen) atoms. The molecule has 56 valence electrons. The monoisotopic (exact) mass is 138 g/mol. The van der Waals surface area contributed by atoms with Crippen molar-refractivity contribution in [1.82, 2.24) is 4.57 Å². The first-order valence-corrected chi connectivity index (χ1v) is 3.58. The predicted octanol–water partition coefficient (Wildman–Crippen LogP) is 1.06. The van der Waals surface area contributed by atoms with Crippen LogP contribution >= 0.6 is 0 Å². The minimum absolute atomic E-state index is 0.717. The van der Waals surface area contributed by atoms with Crippen LogP contribution in [0.25, 0.3) is 0 Å². The number of hydrogen-bond acceptors (Lipinski definition) is 1. The molecule has 0 saturated heterocycles. The fraction of sp³-hybridized carbons (Fsp3) is 0.500. The predicted molar refractivity (Wildman–Crippen MR) is 43.0 cm³/mol. The topological polar surface area (TPSA) is 30.9 Å². The summed E-state index contributed by atoms with van der Waals surface area (Å²) in [6, 6.07) is 2.12. The maximum absolute atomic E-state index is 5.42. The summed E-state index contributed by atoms with van der Waals surface area (Å²) in [6.07, 6.45) is 2.08. The summed E-state index contributed by atoms with van der Waals surface area (Å²) in [5.74, 6) is 0. The molecule has 0 unspecified atom stereocenters. The van der Waals surface area contributed by atoms with E-state index in [2.05, 4.69) is 30.7 Å². The maximum atomic E-state index is 5.42. The van der Waals surface area contributed by atoms with Crippen LogP contribution in [0.3, 0.4) is 0 Å². The molecule has 2 nitrogen and oxygen atoms in total. The molecule has 0 saturated carbocycles. The van der Waals surface area contributed by atoms with E-state index in [1.165, 1.54) is 11.3 Å². The fourth-order valence-electron chi connectivity index (χ4n) is 1.04. The van der Waals surface area contributed by atoms with E-state index in [1.54, 1.807) is 0 Å². The van der Waals surface area contributed by atoms with Crippen LogP contribution in [-0.4, -0.2) is 11.1 Å². The van der Waals surface area contributed by atoms with Crippen LogP contribution in [0.2, 0.25) is 0 Å². The molecule has 0 aliphatic rings. The van der Waals surface area contributed by atoms with Crippen LogP contribution in [-0.2, 0) is 6.54 Å². The first-order valence-electron chi connectivity index (χ1n) is 3.58. The highest BCUT2D eigenvalue weighted by molar-refractivity contribution is 5.18. The fourth-order valence-corrected chi connectivity index (χ4v) is 1.04. The van der Waals surface area contributed by atoms with Crippen molar-refractivity contribution in [3.63, 3.8) is 0 Å². The highest BCUT2D eigenvalue weighted by atomic mass is 15.0. The van der Waals surface area contributed by atoms with E-state index in [-0.39, 0.29) is 0 Å². The number of nitrogens with two attached hydrogens (primary N) is 1. The standard InChI is InChI=1S/C8H14N2/c1-7-3-5-10(6-4-9)8(7)2/h3,5H,4,6,9H2,1-2H3. The summed E-state index contributed by atoms with van der Waals surface area (Å²) in [7, 11) is 0. The Bertz CT molecular complexity index is 213. The van der Waals surface area contributed by atoms with Crippen LogP contribution in [0.5, 0.6) is 0 Å². The number of aromatic nitrogens is 1. The Labute approximate surface area is 61.7 Å². The van der Waals surface area contributed by atoms with E-state index in [9.17, 15) is 0 Å². The zero-order chi connectivity index (χ0) is 7.56. The first kappa shape index (κ1) is 7.35. The van der Waals surface area contributed by atoms with Crippen molar-refractivity contribution in [1.29, 1.82) is 0 Å². The summed E-state index contributed by atoms with van der Waals surface area (Å²) in [6.45, 7) is 5.88. The minimum Gasteiger partial charge on any atom is -0.350 e. The SMILES string of the molecule is Cc1ccn(CCN)c1C. The Balaban J connectivity index is 2.83. The van der Waals surface area contributed by atoms with Crippen LogP contribution in [0.4, 0.5) is 0 Å². The third-order valence-corrected chi connectivity index (χ3v) is 1.88. The summed E-state index contributed by atoms with van der Waals surface area (Å²) in [4.78, 5) is 0. The van der Waals surface area contributed by atoms with Crippen molar-refractivity contribution < 1.29 is 0 Å². The molecule has 2 heteroatoms. The van der Waals surface area contributed by atoms with Gasteiger partial charge in [-0.05, 0) is 25.5 Å². The third-order valence-electron chi connectivity index (χ3n) is 1.88. The van der Waals surface area contributed by atoms with E-state index in [0.29, 0.717) is 0 Å². The zero-order valence-electron chi connectivity index (χ0n) is 6.59. The molecule has 0 fully saturated rings. The van der Waals surface area contributed by atoms with Gasteiger partial charge in [-0.2, -0.15) is 0 Å². The van der Waals surface area contributed by atoms with Crippen molar-refractivity contribution in [3.8, 4) is 0 Å². The molecule has 1 aromatic heterocycles. The van der Waals surface area contributed by atoms with Gasteiger partial charge in [0.2, 0.25) is 0 Å². The molecule has 0 aromatic carbocycles. The van der Waals surface area contributed by atoms with Gasteiger partial charge in [-0.3, -0.25) is 0 Å².